The maximum absolute atomic E-state index is 9.00. The first-order chi connectivity index (χ1) is 6.83. The van der Waals surface area contributed by atoms with Gasteiger partial charge in [0.25, 0.3) is 0 Å². The second-order valence-electron chi connectivity index (χ2n) is 3.36. The van der Waals surface area contributed by atoms with Crippen molar-refractivity contribution in [1.82, 2.24) is 0 Å². The zero-order valence-electron chi connectivity index (χ0n) is 8.77. The lowest BCUT2D eigenvalue weighted by Crippen LogP contribution is -2.14. The third-order valence-corrected chi connectivity index (χ3v) is 2.55. The van der Waals surface area contributed by atoms with E-state index >= 15 is 0 Å². The first-order valence-electron chi connectivity index (χ1n) is 5.10. The molecule has 76 valence electrons. The lowest BCUT2D eigenvalue weighted by molar-refractivity contribution is 0.314. The topological polar surface area (TPSA) is 32.6 Å². The van der Waals surface area contributed by atoms with E-state index in [-0.39, 0.29) is 0 Å². The summed E-state index contributed by atoms with van der Waals surface area (Å²) in [5.74, 6) is 0.349. The normalized spacial score (nSPS) is 12.1. The lowest BCUT2D eigenvalue weighted by Gasteiger charge is -2.13. The fourth-order valence-corrected chi connectivity index (χ4v) is 1.66. The second kappa shape index (κ2) is 5.43. The summed E-state index contributed by atoms with van der Waals surface area (Å²) in [6, 6.07) is 9.85. The van der Waals surface area contributed by atoms with Gasteiger partial charge in [0.05, 0.1) is 5.71 Å². The van der Waals surface area contributed by atoms with Gasteiger partial charge >= 0.3 is 0 Å². The van der Waals surface area contributed by atoms with Crippen molar-refractivity contribution in [3.8, 4) is 0 Å². The van der Waals surface area contributed by atoms with Gasteiger partial charge < -0.3 is 5.21 Å². The molecular formula is C12H17NO. The van der Waals surface area contributed by atoms with Crippen LogP contribution in [-0.2, 0) is 0 Å². The van der Waals surface area contributed by atoms with Gasteiger partial charge in [-0.25, -0.2) is 0 Å². The van der Waals surface area contributed by atoms with Crippen LogP contribution >= 0.6 is 0 Å². The lowest BCUT2D eigenvalue weighted by atomic mass is 9.92. The van der Waals surface area contributed by atoms with Crippen LogP contribution in [0, 0.1) is 5.92 Å². The minimum Gasteiger partial charge on any atom is -0.411 e. The molecule has 2 nitrogen and oxygen atoms in total. The van der Waals surface area contributed by atoms with E-state index in [4.69, 9.17) is 5.21 Å². The Morgan fingerprint density at radius 1 is 1.21 bits per heavy atom. The third-order valence-electron chi connectivity index (χ3n) is 2.55. The molecule has 0 unspecified atom stereocenters. The molecule has 0 radical (unpaired) electrons. The van der Waals surface area contributed by atoms with Gasteiger partial charge in [-0.15, -0.1) is 0 Å². The van der Waals surface area contributed by atoms with Crippen LogP contribution in [0.1, 0.15) is 32.3 Å². The van der Waals surface area contributed by atoms with E-state index in [0.717, 1.165) is 24.1 Å². The Bertz CT molecular complexity index is 288. The van der Waals surface area contributed by atoms with Gasteiger partial charge in [0.2, 0.25) is 0 Å². The Labute approximate surface area is 85.3 Å². The van der Waals surface area contributed by atoms with Crippen LogP contribution in [0.3, 0.4) is 0 Å². The van der Waals surface area contributed by atoms with Gasteiger partial charge in [-0.05, 0) is 18.4 Å². The molecule has 0 aliphatic rings. The number of hydrogen-bond donors (Lipinski definition) is 1. The number of rotatable bonds is 4. The smallest absolute Gasteiger partial charge is 0.0898 e. The average molecular weight is 191 g/mol. The Morgan fingerprint density at radius 2 is 1.79 bits per heavy atom. The average Bonchev–Trinajstić information content (AvgIpc) is 2.27. The van der Waals surface area contributed by atoms with Crippen LogP contribution in [0.15, 0.2) is 35.5 Å². The molecule has 0 saturated carbocycles. The molecule has 0 spiro atoms. The largest absolute Gasteiger partial charge is 0.411 e. The number of oxime groups is 1. The molecule has 1 N–H and O–H groups in total. The number of benzene rings is 1. The van der Waals surface area contributed by atoms with Crippen molar-refractivity contribution in [3.63, 3.8) is 0 Å². The van der Waals surface area contributed by atoms with Crippen LogP contribution in [0.5, 0.6) is 0 Å². The van der Waals surface area contributed by atoms with Crippen LogP contribution in [0.25, 0.3) is 0 Å². The summed E-state index contributed by atoms with van der Waals surface area (Å²) in [4.78, 5) is 0. The van der Waals surface area contributed by atoms with Crippen molar-refractivity contribution in [2.24, 2.45) is 11.1 Å². The van der Waals surface area contributed by atoms with Gasteiger partial charge in [-0.2, -0.15) is 0 Å². The van der Waals surface area contributed by atoms with E-state index < -0.39 is 0 Å². The first-order valence-corrected chi connectivity index (χ1v) is 5.10. The molecular weight excluding hydrogens is 174 g/mol. The van der Waals surface area contributed by atoms with Crippen molar-refractivity contribution < 1.29 is 5.21 Å². The molecule has 0 heterocycles. The van der Waals surface area contributed by atoms with E-state index in [1.165, 1.54) is 0 Å². The highest BCUT2D eigenvalue weighted by Crippen LogP contribution is 2.16. The van der Waals surface area contributed by atoms with Crippen molar-refractivity contribution in [1.29, 1.82) is 0 Å². The molecule has 1 aromatic carbocycles. The minimum atomic E-state index is 0.349. The van der Waals surface area contributed by atoms with Crippen LogP contribution in [0.4, 0.5) is 0 Å². The molecule has 0 bridgehead atoms. The Kier molecular flexibility index (Phi) is 4.17. The van der Waals surface area contributed by atoms with Crippen LogP contribution < -0.4 is 0 Å². The highest BCUT2D eigenvalue weighted by molar-refractivity contribution is 6.01. The molecule has 0 amide bonds. The maximum atomic E-state index is 9.00. The van der Waals surface area contributed by atoms with Crippen molar-refractivity contribution in [2.75, 3.05) is 0 Å². The minimum absolute atomic E-state index is 0.349. The van der Waals surface area contributed by atoms with E-state index in [2.05, 4.69) is 19.0 Å². The maximum Gasteiger partial charge on any atom is 0.0898 e. The molecule has 0 fully saturated rings. The zero-order chi connectivity index (χ0) is 10.4. The molecule has 2 heteroatoms. The monoisotopic (exact) mass is 191 g/mol. The number of hydrogen-bond acceptors (Lipinski definition) is 2. The quantitative estimate of drug-likeness (QED) is 0.442. The SMILES string of the molecule is CCC(CC)/C(=N/O)c1ccccc1. The molecule has 0 aromatic heterocycles. The van der Waals surface area contributed by atoms with Gasteiger partial charge in [0.1, 0.15) is 0 Å². The van der Waals surface area contributed by atoms with Gasteiger partial charge in [0, 0.05) is 5.92 Å². The molecule has 0 aliphatic carbocycles. The second-order valence-corrected chi connectivity index (χ2v) is 3.36. The van der Waals surface area contributed by atoms with Crippen molar-refractivity contribution in [3.05, 3.63) is 35.9 Å². The summed E-state index contributed by atoms with van der Waals surface area (Å²) < 4.78 is 0. The highest BCUT2D eigenvalue weighted by Gasteiger charge is 2.14. The summed E-state index contributed by atoms with van der Waals surface area (Å²) in [6.45, 7) is 4.23. The van der Waals surface area contributed by atoms with Crippen molar-refractivity contribution in [2.45, 2.75) is 26.7 Å². The van der Waals surface area contributed by atoms with E-state index in [9.17, 15) is 0 Å². The Hall–Kier alpha value is -1.31. The Morgan fingerprint density at radius 3 is 2.21 bits per heavy atom. The van der Waals surface area contributed by atoms with Gasteiger partial charge in [-0.1, -0.05) is 49.3 Å². The molecule has 1 aromatic rings. The first kappa shape index (κ1) is 10.8. The van der Waals surface area contributed by atoms with E-state index in [0.29, 0.717) is 5.92 Å². The summed E-state index contributed by atoms with van der Waals surface area (Å²) in [7, 11) is 0. The van der Waals surface area contributed by atoms with Crippen molar-refractivity contribution >= 4 is 5.71 Å². The summed E-state index contributed by atoms with van der Waals surface area (Å²) in [6.07, 6.45) is 2.01. The van der Waals surface area contributed by atoms with Crippen LogP contribution in [0.2, 0.25) is 0 Å². The fraction of sp³-hybridized carbons (Fsp3) is 0.417. The van der Waals surface area contributed by atoms with Gasteiger partial charge in [0.15, 0.2) is 0 Å². The predicted octanol–water partition coefficient (Wildman–Crippen LogP) is 3.30. The standard InChI is InChI=1S/C12H17NO/c1-3-10(4-2)12(13-14)11-8-6-5-7-9-11/h5-10,14H,3-4H2,1-2H3/b13-12-. The summed E-state index contributed by atoms with van der Waals surface area (Å²) in [5, 5.41) is 12.4. The zero-order valence-corrected chi connectivity index (χ0v) is 8.77. The number of nitrogens with zero attached hydrogens (tertiary/aromatic N) is 1. The molecule has 1 rings (SSSR count). The predicted molar refractivity (Wildman–Crippen MR) is 58.8 cm³/mol. The van der Waals surface area contributed by atoms with E-state index in [1.807, 2.05) is 30.3 Å². The van der Waals surface area contributed by atoms with Gasteiger partial charge in [-0.3, -0.25) is 0 Å². The molecule has 0 saturated heterocycles. The fourth-order valence-electron chi connectivity index (χ4n) is 1.66. The molecule has 0 aliphatic heterocycles. The molecule has 14 heavy (non-hydrogen) atoms. The summed E-state index contributed by atoms with van der Waals surface area (Å²) in [5.41, 5.74) is 1.82. The molecule has 0 atom stereocenters. The van der Waals surface area contributed by atoms with E-state index in [1.54, 1.807) is 0 Å². The summed E-state index contributed by atoms with van der Waals surface area (Å²) >= 11 is 0. The third kappa shape index (κ3) is 2.34. The van der Waals surface area contributed by atoms with Crippen LogP contribution in [-0.4, -0.2) is 10.9 Å². The highest BCUT2D eigenvalue weighted by atomic mass is 16.4. The Balaban J connectivity index is 2.94.